The zero-order valence-electron chi connectivity index (χ0n) is 31.6. The highest BCUT2D eigenvalue weighted by atomic mass is 14.2. The average Bonchev–Trinajstić information content (AvgIpc) is 3.27. The Balaban J connectivity index is 0.00000189. The second-order valence-electron chi connectivity index (χ2n) is 14.4. The van der Waals surface area contributed by atoms with Crippen LogP contribution >= 0.6 is 0 Å². The van der Waals surface area contributed by atoms with Crippen molar-refractivity contribution in [3.05, 3.63) is 206 Å². The van der Waals surface area contributed by atoms with E-state index in [9.17, 15) is 0 Å². The normalized spacial score (nSPS) is 11.4. The minimum Gasteiger partial charge on any atom is -0.0683 e. The quantitative estimate of drug-likeness (QED) is 0.159. The van der Waals surface area contributed by atoms with Gasteiger partial charge in [0.1, 0.15) is 0 Å². The van der Waals surface area contributed by atoms with Crippen LogP contribution in [0.25, 0.3) is 109 Å². The van der Waals surface area contributed by atoms with Crippen molar-refractivity contribution in [3.63, 3.8) is 0 Å². The van der Waals surface area contributed by atoms with E-state index in [2.05, 4.69) is 206 Å². The smallest absolute Gasteiger partial charge is 0.00262 e. The first kappa shape index (κ1) is 33.5. The highest BCUT2D eigenvalue weighted by Crippen LogP contribution is 2.46. The summed E-state index contributed by atoms with van der Waals surface area (Å²) < 4.78 is 0. The van der Waals surface area contributed by atoms with Crippen LogP contribution in [-0.2, 0) is 0 Å². The molecule has 0 saturated carbocycles. The number of hydrogen-bond donors (Lipinski definition) is 0. The third-order valence-corrected chi connectivity index (χ3v) is 11.4. The van der Waals surface area contributed by atoms with Crippen molar-refractivity contribution in [3.8, 4) is 44.5 Å². The number of benzene rings is 11. The molecule has 0 heteroatoms. The van der Waals surface area contributed by atoms with Crippen LogP contribution in [0.15, 0.2) is 206 Å². The molecule has 0 radical (unpaired) electrons. The fourth-order valence-corrected chi connectivity index (χ4v) is 9.01. The largest absolute Gasteiger partial charge is 0.0683 e. The van der Waals surface area contributed by atoms with E-state index in [1.807, 2.05) is 13.8 Å². The summed E-state index contributed by atoms with van der Waals surface area (Å²) in [5, 5.41) is 15.2. The van der Waals surface area contributed by atoms with Gasteiger partial charge < -0.3 is 0 Å². The summed E-state index contributed by atoms with van der Waals surface area (Å²) in [5.41, 5.74) is 10.1. The Morgan fingerprint density at radius 2 is 0.446 bits per heavy atom. The molecule has 0 nitrogen and oxygen atoms in total. The fourth-order valence-electron chi connectivity index (χ4n) is 9.01. The summed E-state index contributed by atoms with van der Waals surface area (Å²) in [4.78, 5) is 0. The Morgan fingerprint density at radius 3 is 0.804 bits per heavy atom. The van der Waals surface area contributed by atoms with Crippen molar-refractivity contribution < 1.29 is 0 Å². The van der Waals surface area contributed by atoms with E-state index in [4.69, 9.17) is 0 Å². The van der Waals surface area contributed by atoms with Crippen LogP contribution in [-0.4, -0.2) is 0 Å². The van der Waals surface area contributed by atoms with Crippen LogP contribution in [0.5, 0.6) is 0 Å². The Morgan fingerprint density at radius 1 is 0.196 bits per heavy atom. The SMILES string of the molecule is CC.c1ccc(-c2c3ccccc3c(-c3ccc4cc(-c5c6ccccc6c(-c6ccc7ccccc7c6)c6ccccc56)ccc4c3)c3ccccc23)cc1. The number of fused-ring (bicyclic) bond motifs is 6. The maximum absolute atomic E-state index is 2.39. The van der Waals surface area contributed by atoms with Gasteiger partial charge in [-0.15, -0.1) is 0 Å². The second-order valence-corrected chi connectivity index (χ2v) is 14.4. The molecule has 0 atom stereocenters. The predicted octanol–water partition coefficient (Wildman–Crippen LogP) is 16.3. The minimum atomic E-state index is 1.23. The van der Waals surface area contributed by atoms with E-state index in [0.29, 0.717) is 0 Å². The Kier molecular flexibility index (Phi) is 8.38. The zero-order valence-corrected chi connectivity index (χ0v) is 31.6. The Labute approximate surface area is 327 Å². The molecule has 0 aliphatic rings. The summed E-state index contributed by atoms with van der Waals surface area (Å²) >= 11 is 0. The molecule has 264 valence electrons. The van der Waals surface area contributed by atoms with Crippen LogP contribution in [0.1, 0.15) is 13.8 Å². The van der Waals surface area contributed by atoms with Crippen molar-refractivity contribution in [1.29, 1.82) is 0 Å². The van der Waals surface area contributed by atoms with Crippen LogP contribution in [0, 0.1) is 0 Å². The molecule has 11 aromatic rings. The summed E-state index contributed by atoms with van der Waals surface area (Å²) in [6.07, 6.45) is 0. The molecule has 0 aliphatic heterocycles. The van der Waals surface area contributed by atoms with Crippen molar-refractivity contribution >= 4 is 64.6 Å². The first-order chi connectivity index (χ1) is 27.8. The molecule has 0 bridgehead atoms. The van der Waals surface area contributed by atoms with Gasteiger partial charge in [0, 0.05) is 0 Å². The Hall–Kier alpha value is -7.02. The molecule has 0 N–H and O–H groups in total. The summed E-state index contributed by atoms with van der Waals surface area (Å²) in [6, 6.07) is 76.1. The van der Waals surface area contributed by atoms with Crippen molar-refractivity contribution in [2.75, 3.05) is 0 Å². The molecule has 0 fully saturated rings. The monoisotopic (exact) mass is 712 g/mol. The van der Waals surface area contributed by atoms with Crippen molar-refractivity contribution in [2.45, 2.75) is 13.8 Å². The van der Waals surface area contributed by atoms with Gasteiger partial charge in [0.25, 0.3) is 0 Å². The molecule has 0 heterocycles. The van der Waals surface area contributed by atoms with Gasteiger partial charge in [-0.2, -0.15) is 0 Å². The number of rotatable bonds is 4. The molecule has 0 spiro atoms. The van der Waals surface area contributed by atoms with Crippen LogP contribution in [0.3, 0.4) is 0 Å². The topological polar surface area (TPSA) is 0 Å². The van der Waals surface area contributed by atoms with E-state index < -0.39 is 0 Å². The molecule has 0 aromatic heterocycles. The molecule has 0 unspecified atom stereocenters. The lowest BCUT2D eigenvalue weighted by Gasteiger charge is -2.19. The van der Waals surface area contributed by atoms with Crippen LogP contribution in [0.4, 0.5) is 0 Å². The van der Waals surface area contributed by atoms with Gasteiger partial charge in [0.15, 0.2) is 0 Å². The van der Waals surface area contributed by atoms with E-state index in [1.165, 1.54) is 109 Å². The maximum atomic E-state index is 2.39. The first-order valence-electron chi connectivity index (χ1n) is 19.8. The lowest BCUT2D eigenvalue weighted by Crippen LogP contribution is -1.92. The maximum Gasteiger partial charge on any atom is -0.00262 e. The zero-order chi connectivity index (χ0) is 37.6. The standard InChI is InChI=1S/C54H34.C2H6/c1-2-15-36(16-3-1)51-43-18-6-8-20-45(43)53(46-21-9-7-19-44(46)51)41-30-27-39-34-42(31-28-38(39)33-41)54-49-24-12-10-22-47(49)52(48-23-11-13-25-50(48)54)40-29-26-35-14-4-5-17-37(35)32-40;1-2/h1-34H;1-2H3. The van der Waals surface area contributed by atoms with Crippen LogP contribution in [0.2, 0.25) is 0 Å². The molecular formula is C56H40. The third kappa shape index (κ3) is 5.45. The highest BCUT2D eigenvalue weighted by Gasteiger charge is 2.19. The van der Waals surface area contributed by atoms with Crippen molar-refractivity contribution in [2.24, 2.45) is 0 Å². The summed E-state index contributed by atoms with van der Waals surface area (Å²) in [5.74, 6) is 0. The first-order valence-corrected chi connectivity index (χ1v) is 19.8. The molecular weight excluding hydrogens is 673 g/mol. The van der Waals surface area contributed by atoms with Gasteiger partial charge in [-0.3, -0.25) is 0 Å². The van der Waals surface area contributed by atoms with Crippen LogP contribution < -0.4 is 0 Å². The number of hydrogen-bond acceptors (Lipinski definition) is 0. The average molecular weight is 713 g/mol. The lowest BCUT2D eigenvalue weighted by atomic mass is 9.84. The van der Waals surface area contributed by atoms with E-state index in [-0.39, 0.29) is 0 Å². The van der Waals surface area contributed by atoms with E-state index in [1.54, 1.807) is 0 Å². The summed E-state index contributed by atoms with van der Waals surface area (Å²) in [7, 11) is 0. The molecule has 11 rings (SSSR count). The van der Waals surface area contributed by atoms with Gasteiger partial charge in [-0.25, -0.2) is 0 Å². The molecule has 56 heavy (non-hydrogen) atoms. The van der Waals surface area contributed by atoms with E-state index >= 15 is 0 Å². The van der Waals surface area contributed by atoms with Gasteiger partial charge in [0.2, 0.25) is 0 Å². The van der Waals surface area contributed by atoms with Gasteiger partial charge in [0.05, 0.1) is 0 Å². The summed E-state index contributed by atoms with van der Waals surface area (Å²) in [6.45, 7) is 4.00. The molecule has 0 saturated heterocycles. The van der Waals surface area contributed by atoms with Crippen molar-refractivity contribution in [1.82, 2.24) is 0 Å². The molecule has 0 aliphatic carbocycles. The molecule has 0 amide bonds. The van der Waals surface area contributed by atoms with E-state index in [0.717, 1.165) is 0 Å². The highest BCUT2D eigenvalue weighted by molar-refractivity contribution is 6.23. The second kappa shape index (κ2) is 14.0. The minimum absolute atomic E-state index is 1.23. The Bertz CT molecular complexity index is 3140. The third-order valence-electron chi connectivity index (χ3n) is 11.4. The molecule has 11 aromatic carbocycles. The van der Waals surface area contributed by atoms with Gasteiger partial charge >= 0.3 is 0 Å². The lowest BCUT2D eigenvalue weighted by molar-refractivity contribution is 1.50. The predicted molar refractivity (Wildman–Crippen MR) is 245 cm³/mol. The van der Waals surface area contributed by atoms with Gasteiger partial charge in [-0.05, 0) is 127 Å². The van der Waals surface area contributed by atoms with Gasteiger partial charge in [-0.1, -0.05) is 202 Å². The fraction of sp³-hybridized carbons (Fsp3) is 0.0357.